The standard InChI is InChI=1S/C12H26N2O/c1-9(2)13-10(15)14-12(6,7)8-11(3,4)5/h9H,8H2,1-7H3,(H2,13,14,15). The van der Waals surface area contributed by atoms with Crippen molar-refractivity contribution < 1.29 is 4.79 Å². The Hall–Kier alpha value is -0.730. The van der Waals surface area contributed by atoms with Gasteiger partial charge in [0.1, 0.15) is 0 Å². The van der Waals surface area contributed by atoms with Gasteiger partial charge in [-0.3, -0.25) is 0 Å². The molecule has 0 saturated carbocycles. The molecule has 3 heteroatoms. The zero-order valence-electron chi connectivity index (χ0n) is 11.2. The second-order valence-electron chi connectivity index (χ2n) is 6.37. The quantitative estimate of drug-likeness (QED) is 0.745. The second kappa shape index (κ2) is 4.86. The molecule has 0 unspecified atom stereocenters. The van der Waals surface area contributed by atoms with Crippen molar-refractivity contribution in [3.63, 3.8) is 0 Å². The molecule has 0 aliphatic heterocycles. The molecule has 0 radical (unpaired) electrons. The van der Waals surface area contributed by atoms with E-state index >= 15 is 0 Å². The maximum Gasteiger partial charge on any atom is 0.315 e. The maximum atomic E-state index is 11.5. The normalized spacial score (nSPS) is 12.8. The lowest BCUT2D eigenvalue weighted by Gasteiger charge is -2.33. The van der Waals surface area contributed by atoms with E-state index in [1.54, 1.807) is 0 Å². The van der Waals surface area contributed by atoms with Gasteiger partial charge in [0.25, 0.3) is 0 Å². The molecular weight excluding hydrogens is 188 g/mol. The molecule has 0 rings (SSSR count). The summed E-state index contributed by atoms with van der Waals surface area (Å²) in [5, 5.41) is 5.83. The molecule has 0 bridgehead atoms. The number of hydrogen-bond acceptors (Lipinski definition) is 1. The Labute approximate surface area is 94.0 Å². The monoisotopic (exact) mass is 214 g/mol. The van der Waals surface area contributed by atoms with Gasteiger partial charge in [0.2, 0.25) is 0 Å². The van der Waals surface area contributed by atoms with Crippen LogP contribution in [0.3, 0.4) is 0 Å². The van der Waals surface area contributed by atoms with Crippen LogP contribution in [-0.4, -0.2) is 17.6 Å². The number of amides is 2. The van der Waals surface area contributed by atoms with Crippen molar-refractivity contribution >= 4 is 6.03 Å². The fourth-order valence-electron chi connectivity index (χ4n) is 1.98. The lowest BCUT2D eigenvalue weighted by molar-refractivity contribution is 0.209. The van der Waals surface area contributed by atoms with Gasteiger partial charge in [0.15, 0.2) is 0 Å². The largest absolute Gasteiger partial charge is 0.336 e. The average Bonchev–Trinajstić information content (AvgIpc) is 1.73. The molecule has 0 aromatic carbocycles. The van der Waals surface area contributed by atoms with Crippen LogP contribution in [0, 0.1) is 5.41 Å². The topological polar surface area (TPSA) is 41.1 Å². The number of urea groups is 1. The van der Waals surface area contributed by atoms with Crippen LogP contribution in [-0.2, 0) is 0 Å². The Kier molecular flexibility index (Phi) is 4.63. The van der Waals surface area contributed by atoms with Crippen LogP contribution in [0.5, 0.6) is 0 Å². The molecule has 0 aliphatic rings. The first-order valence-corrected chi connectivity index (χ1v) is 5.60. The molecule has 0 fully saturated rings. The molecule has 2 N–H and O–H groups in total. The molecule has 2 amide bonds. The Morgan fingerprint density at radius 2 is 1.60 bits per heavy atom. The molecule has 0 aromatic rings. The number of rotatable bonds is 3. The van der Waals surface area contributed by atoms with Crippen LogP contribution in [0.15, 0.2) is 0 Å². The van der Waals surface area contributed by atoms with E-state index in [1.165, 1.54) is 0 Å². The summed E-state index contributed by atoms with van der Waals surface area (Å²) in [6.07, 6.45) is 0.950. The summed E-state index contributed by atoms with van der Waals surface area (Å²) in [5.41, 5.74) is 0.0475. The van der Waals surface area contributed by atoms with E-state index in [2.05, 4.69) is 45.3 Å². The lowest BCUT2D eigenvalue weighted by Crippen LogP contribution is -2.51. The van der Waals surface area contributed by atoms with Gasteiger partial charge in [-0.05, 0) is 39.5 Å². The lowest BCUT2D eigenvalue weighted by atomic mass is 9.82. The number of hydrogen-bond donors (Lipinski definition) is 2. The summed E-state index contributed by atoms with van der Waals surface area (Å²) < 4.78 is 0. The van der Waals surface area contributed by atoms with Crippen LogP contribution < -0.4 is 10.6 Å². The Bertz CT molecular complexity index is 214. The highest BCUT2D eigenvalue weighted by Crippen LogP contribution is 2.26. The zero-order chi connectivity index (χ0) is 12.3. The number of nitrogens with one attached hydrogen (secondary N) is 2. The average molecular weight is 214 g/mol. The molecular formula is C12H26N2O. The van der Waals surface area contributed by atoms with Crippen molar-refractivity contribution in [1.82, 2.24) is 10.6 Å². The fraction of sp³-hybridized carbons (Fsp3) is 0.917. The molecule has 90 valence electrons. The smallest absolute Gasteiger partial charge is 0.315 e. The van der Waals surface area contributed by atoms with Crippen molar-refractivity contribution in [3.05, 3.63) is 0 Å². The fourth-order valence-corrected chi connectivity index (χ4v) is 1.98. The Morgan fingerprint density at radius 1 is 1.13 bits per heavy atom. The molecule has 0 aliphatic carbocycles. The summed E-state index contributed by atoms with van der Waals surface area (Å²) in [4.78, 5) is 11.5. The van der Waals surface area contributed by atoms with Gasteiger partial charge in [0, 0.05) is 11.6 Å². The Balaban J connectivity index is 4.19. The van der Waals surface area contributed by atoms with Crippen LogP contribution in [0.4, 0.5) is 4.79 Å². The van der Waals surface area contributed by atoms with Crippen LogP contribution in [0.2, 0.25) is 0 Å². The number of carbonyl (C=O) groups excluding carboxylic acids is 1. The molecule has 3 nitrogen and oxygen atoms in total. The van der Waals surface area contributed by atoms with Crippen molar-refractivity contribution in [2.24, 2.45) is 5.41 Å². The van der Waals surface area contributed by atoms with Crippen LogP contribution in [0.25, 0.3) is 0 Å². The molecule has 0 atom stereocenters. The van der Waals surface area contributed by atoms with Gasteiger partial charge in [-0.1, -0.05) is 20.8 Å². The van der Waals surface area contributed by atoms with Crippen LogP contribution >= 0.6 is 0 Å². The van der Waals surface area contributed by atoms with E-state index < -0.39 is 0 Å². The van der Waals surface area contributed by atoms with Gasteiger partial charge >= 0.3 is 6.03 Å². The molecule has 0 spiro atoms. The van der Waals surface area contributed by atoms with Gasteiger partial charge in [-0.25, -0.2) is 4.79 Å². The van der Waals surface area contributed by atoms with Crippen molar-refractivity contribution in [3.8, 4) is 0 Å². The minimum absolute atomic E-state index is 0.0840. The predicted octanol–water partition coefficient (Wildman–Crippen LogP) is 2.91. The van der Waals surface area contributed by atoms with E-state index in [9.17, 15) is 4.79 Å². The van der Waals surface area contributed by atoms with E-state index in [-0.39, 0.29) is 23.0 Å². The SMILES string of the molecule is CC(C)NC(=O)NC(C)(C)CC(C)(C)C. The molecule has 0 heterocycles. The second-order valence-corrected chi connectivity index (χ2v) is 6.37. The highest BCUT2D eigenvalue weighted by molar-refractivity contribution is 5.74. The summed E-state index contributed by atoms with van der Waals surface area (Å²) >= 11 is 0. The Morgan fingerprint density at radius 3 is 1.93 bits per heavy atom. The van der Waals surface area contributed by atoms with Gasteiger partial charge in [-0.2, -0.15) is 0 Å². The maximum absolute atomic E-state index is 11.5. The third kappa shape index (κ3) is 8.28. The van der Waals surface area contributed by atoms with Gasteiger partial charge < -0.3 is 10.6 Å². The van der Waals surface area contributed by atoms with E-state index in [4.69, 9.17) is 0 Å². The van der Waals surface area contributed by atoms with E-state index in [1.807, 2.05) is 13.8 Å². The van der Waals surface area contributed by atoms with E-state index in [0.29, 0.717) is 0 Å². The van der Waals surface area contributed by atoms with Crippen LogP contribution in [0.1, 0.15) is 54.9 Å². The summed E-state index contributed by atoms with van der Waals surface area (Å²) in [6.45, 7) is 14.5. The minimum Gasteiger partial charge on any atom is -0.336 e. The first kappa shape index (κ1) is 14.3. The minimum atomic E-state index is -0.169. The van der Waals surface area contributed by atoms with Crippen molar-refractivity contribution in [2.45, 2.75) is 66.5 Å². The van der Waals surface area contributed by atoms with Gasteiger partial charge in [0.05, 0.1) is 0 Å². The van der Waals surface area contributed by atoms with Crippen molar-refractivity contribution in [1.29, 1.82) is 0 Å². The summed E-state index contributed by atoms with van der Waals surface area (Å²) in [5.74, 6) is 0. The van der Waals surface area contributed by atoms with Crippen molar-refractivity contribution in [2.75, 3.05) is 0 Å². The van der Waals surface area contributed by atoms with E-state index in [0.717, 1.165) is 6.42 Å². The highest BCUT2D eigenvalue weighted by atomic mass is 16.2. The predicted molar refractivity (Wildman–Crippen MR) is 65.0 cm³/mol. The third-order valence-electron chi connectivity index (χ3n) is 1.84. The molecule has 15 heavy (non-hydrogen) atoms. The zero-order valence-corrected chi connectivity index (χ0v) is 11.2. The first-order valence-electron chi connectivity index (χ1n) is 5.60. The third-order valence-corrected chi connectivity index (χ3v) is 1.84. The molecule has 0 saturated heterocycles. The molecule has 0 aromatic heterocycles. The van der Waals surface area contributed by atoms with Gasteiger partial charge in [-0.15, -0.1) is 0 Å². The number of carbonyl (C=O) groups is 1. The summed E-state index contributed by atoms with van der Waals surface area (Å²) in [6, 6.07) is 0.0923. The summed E-state index contributed by atoms with van der Waals surface area (Å²) in [7, 11) is 0. The first-order chi connectivity index (χ1) is 6.52. The highest BCUT2D eigenvalue weighted by Gasteiger charge is 2.26.